The number of amides is 1. The molecule has 4 nitrogen and oxygen atoms in total. The van der Waals surface area contributed by atoms with Crippen LogP contribution in [0, 0.1) is 5.92 Å². The van der Waals surface area contributed by atoms with Crippen LogP contribution in [0.4, 0.5) is 0 Å². The van der Waals surface area contributed by atoms with Crippen molar-refractivity contribution in [3.05, 3.63) is 28.2 Å². The van der Waals surface area contributed by atoms with Crippen LogP contribution >= 0.6 is 15.9 Å². The van der Waals surface area contributed by atoms with Crippen LogP contribution in [0.25, 0.3) is 0 Å². The van der Waals surface area contributed by atoms with Crippen molar-refractivity contribution in [2.75, 3.05) is 6.54 Å². The Morgan fingerprint density at radius 2 is 2.18 bits per heavy atom. The first kappa shape index (κ1) is 14.0. The SMILES string of the molecule is CC(C)C(CN)NC(=O)c1ccc(Br)c(O)c1. The lowest BCUT2D eigenvalue weighted by atomic mass is 10.0. The third-order valence-electron chi connectivity index (χ3n) is 2.58. The molecular weight excluding hydrogens is 284 g/mol. The van der Waals surface area contributed by atoms with E-state index in [2.05, 4.69) is 21.2 Å². The molecule has 1 rings (SSSR count). The molecule has 0 aliphatic heterocycles. The number of benzene rings is 1. The smallest absolute Gasteiger partial charge is 0.251 e. The van der Waals surface area contributed by atoms with E-state index in [9.17, 15) is 9.90 Å². The molecule has 1 amide bonds. The Hall–Kier alpha value is -1.07. The van der Waals surface area contributed by atoms with Crippen molar-refractivity contribution in [2.24, 2.45) is 11.7 Å². The maximum absolute atomic E-state index is 11.9. The molecule has 0 fully saturated rings. The van der Waals surface area contributed by atoms with Crippen molar-refractivity contribution in [3.8, 4) is 5.75 Å². The van der Waals surface area contributed by atoms with E-state index in [4.69, 9.17) is 5.73 Å². The van der Waals surface area contributed by atoms with E-state index in [0.29, 0.717) is 16.6 Å². The highest BCUT2D eigenvalue weighted by Crippen LogP contribution is 2.24. The topological polar surface area (TPSA) is 75.3 Å². The van der Waals surface area contributed by atoms with Gasteiger partial charge < -0.3 is 16.2 Å². The summed E-state index contributed by atoms with van der Waals surface area (Å²) in [5, 5.41) is 12.3. The summed E-state index contributed by atoms with van der Waals surface area (Å²) in [6.07, 6.45) is 0. The fraction of sp³-hybridized carbons (Fsp3) is 0.417. The summed E-state index contributed by atoms with van der Waals surface area (Å²) in [5.74, 6) is 0.0939. The zero-order chi connectivity index (χ0) is 13.0. The predicted octanol–water partition coefficient (Wildman–Crippen LogP) is 1.87. The molecule has 17 heavy (non-hydrogen) atoms. The molecule has 4 N–H and O–H groups in total. The molecule has 94 valence electrons. The molecule has 0 bridgehead atoms. The number of nitrogens with one attached hydrogen (secondary N) is 1. The quantitative estimate of drug-likeness (QED) is 0.794. The average Bonchev–Trinajstić information content (AvgIpc) is 2.28. The first-order chi connectivity index (χ1) is 7.95. The fourth-order valence-electron chi connectivity index (χ4n) is 1.40. The van der Waals surface area contributed by atoms with Gasteiger partial charge in [-0.1, -0.05) is 13.8 Å². The molecule has 1 unspecified atom stereocenters. The Morgan fingerprint density at radius 1 is 1.53 bits per heavy atom. The van der Waals surface area contributed by atoms with Gasteiger partial charge in [-0.25, -0.2) is 0 Å². The van der Waals surface area contributed by atoms with Crippen molar-refractivity contribution in [3.63, 3.8) is 0 Å². The summed E-state index contributed by atoms with van der Waals surface area (Å²) < 4.78 is 0.563. The molecule has 0 saturated carbocycles. The third-order valence-corrected chi connectivity index (χ3v) is 3.25. The van der Waals surface area contributed by atoms with Crippen LogP contribution in [-0.2, 0) is 0 Å². The number of phenols is 1. The highest BCUT2D eigenvalue weighted by Gasteiger charge is 2.16. The minimum Gasteiger partial charge on any atom is -0.507 e. The van der Waals surface area contributed by atoms with Gasteiger partial charge in [0, 0.05) is 18.2 Å². The van der Waals surface area contributed by atoms with Gasteiger partial charge in [-0.05, 0) is 40.0 Å². The van der Waals surface area contributed by atoms with E-state index in [1.807, 2.05) is 13.8 Å². The van der Waals surface area contributed by atoms with E-state index in [-0.39, 0.29) is 23.6 Å². The Balaban J connectivity index is 2.79. The zero-order valence-corrected chi connectivity index (χ0v) is 11.5. The van der Waals surface area contributed by atoms with Crippen molar-refractivity contribution in [2.45, 2.75) is 19.9 Å². The van der Waals surface area contributed by atoms with Gasteiger partial charge in [-0.2, -0.15) is 0 Å². The van der Waals surface area contributed by atoms with Crippen molar-refractivity contribution < 1.29 is 9.90 Å². The minimum atomic E-state index is -0.225. The summed E-state index contributed by atoms with van der Waals surface area (Å²) in [5.41, 5.74) is 6.00. The van der Waals surface area contributed by atoms with Gasteiger partial charge in [0.05, 0.1) is 4.47 Å². The first-order valence-corrected chi connectivity index (χ1v) is 6.24. The number of phenolic OH excluding ortho intramolecular Hbond substituents is 1. The molecule has 1 aromatic rings. The van der Waals surface area contributed by atoms with E-state index in [1.54, 1.807) is 12.1 Å². The number of carbonyl (C=O) groups excluding carboxylic acids is 1. The number of aromatic hydroxyl groups is 1. The van der Waals surface area contributed by atoms with Crippen molar-refractivity contribution >= 4 is 21.8 Å². The van der Waals surface area contributed by atoms with E-state index in [0.717, 1.165) is 0 Å². The van der Waals surface area contributed by atoms with Crippen LogP contribution in [0.1, 0.15) is 24.2 Å². The summed E-state index contributed by atoms with van der Waals surface area (Å²) in [6.45, 7) is 4.39. The molecular formula is C12H17BrN2O2. The summed E-state index contributed by atoms with van der Waals surface area (Å²) in [6, 6.07) is 4.64. The largest absolute Gasteiger partial charge is 0.507 e. The number of carbonyl (C=O) groups is 1. The number of hydrogen-bond acceptors (Lipinski definition) is 3. The second-order valence-corrected chi connectivity index (χ2v) is 5.08. The first-order valence-electron chi connectivity index (χ1n) is 5.45. The molecule has 0 spiro atoms. The summed E-state index contributed by atoms with van der Waals surface area (Å²) in [7, 11) is 0. The fourth-order valence-corrected chi connectivity index (χ4v) is 1.65. The van der Waals surface area contributed by atoms with Gasteiger partial charge in [0.1, 0.15) is 5.75 Å². The van der Waals surface area contributed by atoms with Crippen LogP contribution in [-0.4, -0.2) is 23.6 Å². The molecule has 1 atom stereocenters. The second-order valence-electron chi connectivity index (χ2n) is 4.23. The number of halogens is 1. The number of nitrogens with two attached hydrogens (primary N) is 1. The monoisotopic (exact) mass is 300 g/mol. The predicted molar refractivity (Wildman–Crippen MR) is 71.0 cm³/mol. The van der Waals surface area contributed by atoms with Gasteiger partial charge in [-0.15, -0.1) is 0 Å². The van der Waals surface area contributed by atoms with Crippen LogP contribution < -0.4 is 11.1 Å². The number of rotatable bonds is 4. The van der Waals surface area contributed by atoms with Gasteiger partial charge in [0.15, 0.2) is 0 Å². The number of hydrogen-bond donors (Lipinski definition) is 3. The normalized spacial score (nSPS) is 12.5. The van der Waals surface area contributed by atoms with Crippen molar-refractivity contribution in [1.82, 2.24) is 5.32 Å². The van der Waals surface area contributed by atoms with Gasteiger partial charge in [0.2, 0.25) is 0 Å². The summed E-state index contributed by atoms with van der Waals surface area (Å²) in [4.78, 5) is 11.9. The lowest BCUT2D eigenvalue weighted by molar-refractivity contribution is 0.0927. The molecule has 0 aromatic heterocycles. The van der Waals surface area contributed by atoms with E-state index >= 15 is 0 Å². The summed E-state index contributed by atoms with van der Waals surface area (Å²) >= 11 is 3.16. The zero-order valence-electron chi connectivity index (χ0n) is 9.90. The standard InChI is InChI=1S/C12H17BrN2O2/c1-7(2)10(6-14)15-12(17)8-3-4-9(13)11(16)5-8/h3-5,7,10,16H,6,14H2,1-2H3,(H,15,17). The lowest BCUT2D eigenvalue weighted by Crippen LogP contribution is -2.43. The van der Waals surface area contributed by atoms with E-state index in [1.165, 1.54) is 6.07 Å². The minimum absolute atomic E-state index is 0.0477. The van der Waals surface area contributed by atoms with Crippen LogP contribution in [0.3, 0.4) is 0 Å². The van der Waals surface area contributed by atoms with Crippen LogP contribution in [0.15, 0.2) is 22.7 Å². The van der Waals surface area contributed by atoms with Gasteiger partial charge in [0.25, 0.3) is 5.91 Å². The maximum Gasteiger partial charge on any atom is 0.251 e. The van der Waals surface area contributed by atoms with Crippen LogP contribution in [0.5, 0.6) is 5.75 Å². The average molecular weight is 301 g/mol. The molecule has 0 aliphatic carbocycles. The highest BCUT2D eigenvalue weighted by atomic mass is 79.9. The molecule has 0 radical (unpaired) electrons. The van der Waals surface area contributed by atoms with Gasteiger partial charge in [-0.3, -0.25) is 4.79 Å². The Labute approximate surface area is 109 Å². The second kappa shape index (κ2) is 6.02. The van der Waals surface area contributed by atoms with Gasteiger partial charge >= 0.3 is 0 Å². The van der Waals surface area contributed by atoms with E-state index < -0.39 is 0 Å². The lowest BCUT2D eigenvalue weighted by Gasteiger charge is -2.20. The maximum atomic E-state index is 11.9. The Kier molecular flexibility index (Phi) is 4.96. The Morgan fingerprint density at radius 3 is 2.65 bits per heavy atom. The van der Waals surface area contributed by atoms with Crippen molar-refractivity contribution in [1.29, 1.82) is 0 Å². The Bertz CT molecular complexity index is 407. The highest BCUT2D eigenvalue weighted by molar-refractivity contribution is 9.10. The molecule has 0 saturated heterocycles. The molecule has 0 aliphatic rings. The molecule has 5 heteroatoms. The molecule has 1 aromatic carbocycles. The van der Waals surface area contributed by atoms with Crippen LogP contribution in [0.2, 0.25) is 0 Å². The molecule has 0 heterocycles. The third kappa shape index (κ3) is 3.71.